The average molecular weight is 422 g/mol. The highest BCUT2D eigenvalue weighted by Gasteiger charge is 2.27. The number of H-pyrrole nitrogens is 1. The molecule has 1 saturated heterocycles. The van der Waals surface area contributed by atoms with Gasteiger partial charge in [-0.1, -0.05) is 12.1 Å². The second kappa shape index (κ2) is 8.05. The molecule has 0 radical (unpaired) electrons. The van der Waals surface area contributed by atoms with Gasteiger partial charge in [-0.15, -0.1) is 0 Å². The van der Waals surface area contributed by atoms with Crippen molar-refractivity contribution >= 4 is 17.6 Å². The Balaban J connectivity index is 1.19. The van der Waals surface area contributed by atoms with Gasteiger partial charge in [-0.05, 0) is 37.0 Å². The maximum Gasteiger partial charge on any atom is 0.274 e. The van der Waals surface area contributed by atoms with Crippen LogP contribution in [0, 0.1) is 0 Å². The van der Waals surface area contributed by atoms with E-state index < -0.39 is 0 Å². The Bertz CT molecular complexity index is 1160. The lowest BCUT2D eigenvalue weighted by molar-refractivity contribution is -0.131. The number of carbonyl (C=O) groups is 1. The van der Waals surface area contributed by atoms with E-state index in [-0.39, 0.29) is 11.5 Å². The number of benzene rings is 1. The molecule has 162 valence electrons. The molecular formula is C22H26N6O3. The summed E-state index contributed by atoms with van der Waals surface area (Å²) in [4.78, 5) is 38.1. The molecule has 9 heteroatoms. The molecule has 1 N–H and O–H groups in total. The lowest BCUT2D eigenvalue weighted by Crippen LogP contribution is -2.49. The van der Waals surface area contributed by atoms with Crippen LogP contribution in [0.25, 0.3) is 5.78 Å². The molecule has 0 spiro atoms. The first-order valence-electron chi connectivity index (χ1n) is 10.8. The highest BCUT2D eigenvalue weighted by molar-refractivity contribution is 5.76. The van der Waals surface area contributed by atoms with Crippen LogP contribution in [-0.2, 0) is 11.2 Å². The minimum atomic E-state index is -0.128. The van der Waals surface area contributed by atoms with E-state index in [1.807, 2.05) is 29.2 Å². The number of nitrogens with one attached hydrogen (secondary N) is 1. The number of carbonyl (C=O) groups excluding carboxylic acids is 1. The molecule has 3 aromatic rings. The molecule has 0 unspecified atom stereocenters. The van der Waals surface area contributed by atoms with E-state index in [1.165, 1.54) is 4.52 Å². The third-order valence-electron chi connectivity index (χ3n) is 6.03. The van der Waals surface area contributed by atoms with E-state index in [0.29, 0.717) is 56.7 Å². The molecular weight excluding hydrogens is 396 g/mol. The predicted molar refractivity (Wildman–Crippen MR) is 116 cm³/mol. The Labute approximate surface area is 179 Å². The van der Waals surface area contributed by atoms with Crippen molar-refractivity contribution in [2.45, 2.75) is 31.6 Å². The monoisotopic (exact) mass is 422 g/mol. The summed E-state index contributed by atoms with van der Waals surface area (Å²) in [5.41, 5.74) is 1.81. The van der Waals surface area contributed by atoms with Crippen LogP contribution in [-0.4, -0.2) is 63.7 Å². The number of nitrogens with zero attached hydrogens (tertiary/aromatic N) is 5. The fraction of sp³-hybridized carbons (Fsp3) is 0.455. The molecule has 2 aromatic heterocycles. The van der Waals surface area contributed by atoms with Crippen molar-refractivity contribution in [2.24, 2.45) is 0 Å². The smallest absolute Gasteiger partial charge is 0.274 e. The first-order valence-corrected chi connectivity index (χ1v) is 10.8. The Hall–Kier alpha value is -3.36. The van der Waals surface area contributed by atoms with E-state index in [0.717, 1.165) is 29.8 Å². The van der Waals surface area contributed by atoms with Crippen molar-refractivity contribution in [3.63, 3.8) is 0 Å². The van der Waals surface area contributed by atoms with Gasteiger partial charge >= 0.3 is 0 Å². The SMILES string of the molecule is COc1cccc(CCC(=O)N2CCN(c3nc4nc(C5CC5)cc(=O)n4[nH]3)CC2)c1. The number of piperazine rings is 1. The number of anilines is 1. The van der Waals surface area contributed by atoms with Gasteiger partial charge in [0.25, 0.3) is 11.3 Å². The van der Waals surface area contributed by atoms with Gasteiger partial charge < -0.3 is 14.5 Å². The van der Waals surface area contributed by atoms with Crippen LogP contribution in [0.1, 0.15) is 36.4 Å². The molecule has 5 rings (SSSR count). The highest BCUT2D eigenvalue weighted by Crippen LogP contribution is 2.38. The first kappa shape index (κ1) is 19.6. The Morgan fingerprint density at radius 3 is 2.71 bits per heavy atom. The van der Waals surface area contributed by atoms with E-state index in [2.05, 4.69) is 20.0 Å². The van der Waals surface area contributed by atoms with Gasteiger partial charge in [-0.3, -0.25) is 14.7 Å². The van der Waals surface area contributed by atoms with Crippen molar-refractivity contribution in [3.8, 4) is 5.75 Å². The molecule has 1 aliphatic carbocycles. The molecule has 0 atom stereocenters. The van der Waals surface area contributed by atoms with Crippen LogP contribution < -0.4 is 15.2 Å². The number of aromatic amines is 1. The zero-order valence-electron chi connectivity index (χ0n) is 17.6. The molecule has 31 heavy (non-hydrogen) atoms. The van der Waals surface area contributed by atoms with E-state index in [9.17, 15) is 9.59 Å². The molecule has 9 nitrogen and oxygen atoms in total. The highest BCUT2D eigenvalue weighted by atomic mass is 16.5. The summed E-state index contributed by atoms with van der Waals surface area (Å²) >= 11 is 0. The standard InChI is InChI=1S/C22H26N6O3/c1-31-17-4-2-3-15(13-17)5-8-19(29)26-9-11-27(12-10-26)22-24-21-23-18(16-6-7-16)14-20(30)28(21)25-22/h2-4,13-14,16H,5-12H2,1H3,(H,23,24,25). The van der Waals surface area contributed by atoms with Crippen LogP contribution in [0.3, 0.4) is 0 Å². The Kier molecular flexibility index (Phi) is 5.09. The molecule has 1 amide bonds. The number of rotatable bonds is 6. The fourth-order valence-corrected chi connectivity index (χ4v) is 4.02. The van der Waals surface area contributed by atoms with E-state index >= 15 is 0 Å². The maximum absolute atomic E-state index is 12.7. The van der Waals surface area contributed by atoms with E-state index in [4.69, 9.17) is 4.74 Å². The molecule has 1 aromatic carbocycles. The zero-order chi connectivity index (χ0) is 21.4. The number of amides is 1. The first-order chi connectivity index (χ1) is 15.1. The summed E-state index contributed by atoms with van der Waals surface area (Å²) in [6.07, 6.45) is 3.35. The summed E-state index contributed by atoms with van der Waals surface area (Å²) in [6.45, 7) is 2.58. The number of hydrogen-bond donors (Lipinski definition) is 1. The van der Waals surface area contributed by atoms with Crippen molar-refractivity contribution in [1.82, 2.24) is 24.5 Å². The van der Waals surface area contributed by atoms with Crippen LogP contribution in [0.15, 0.2) is 35.1 Å². The van der Waals surface area contributed by atoms with Gasteiger partial charge in [-0.2, -0.15) is 9.50 Å². The molecule has 2 fully saturated rings. The molecule has 3 heterocycles. The number of aromatic nitrogens is 4. The third kappa shape index (κ3) is 4.12. The maximum atomic E-state index is 12.7. The van der Waals surface area contributed by atoms with Crippen LogP contribution in [0.4, 0.5) is 5.95 Å². The number of aryl methyl sites for hydroxylation is 1. The van der Waals surface area contributed by atoms with Crippen molar-refractivity contribution in [3.05, 3.63) is 51.9 Å². The minimum absolute atomic E-state index is 0.128. The van der Waals surface area contributed by atoms with Gasteiger partial charge in [0.1, 0.15) is 5.75 Å². The Morgan fingerprint density at radius 2 is 1.97 bits per heavy atom. The number of fused-ring (bicyclic) bond motifs is 1. The normalized spacial score (nSPS) is 16.7. The summed E-state index contributed by atoms with van der Waals surface area (Å²) in [5, 5.41) is 3.06. The zero-order valence-corrected chi connectivity index (χ0v) is 17.6. The number of methoxy groups -OCH3 is 1. The lowest BCUT2D eigenvalue weighted by Gasteiger charge is -2.34. The van der Waals surface area contributed by atoms with Gasteiger partial charge in [0.2, 0.25) is 11.9 Å². The molecule has 0 bridgehead atoms. The molecule has 2 aliphatic rings. The van der Waals surface area contributed by atoms with Gasteiger partial charge in [0.05, 0.1) is 12.8 Å². The van der Waals surface area contributed by atoms with Crippen molar-refractivity contribution in [1.29, 1.82) is 0 Å². The molecule has 1 saturated carbocycles. The lowest BCUT2D eigenvalue weighted by atomic mass is 10.1. The topological polar surface area (TPSA) is 95.8 Å². The predicted octanol–water partition coefficient (Wildman–Crippen LogP) is 1.58. The second-order valence-electron chi connectivity index (χ2n) is 8.20. The van der Waals surface area contributed by atoms with E-state index in [1.54, 1.807) is 13.2 Å². The van der Waals surface area contributed by atoms with Crippen molar-refractivity contribution < 1.29 is 9.53 Å². The molecule has 1 aliphatic heterocycles. The summed E-state index contributed by atoms with van der Waals surface area (Å²) in [6, 6.07) is 9.43. The largest absolute Gasteiger partial charge is 0.497 e. The van der Waals surface area contributed by atoms with Gasteiger partial charge in [-0.25, -0.2) is 4.98 Å². The van der Waals surface area contributed by atoms with Crippen molar-refractivity contribution in [2.75, 3.05) is 38.2 Å². The number of ether oxygens (including phenoxy) is 1. The average Bonchev–Trinajstić information content (AvgIpc) is 3.56. The van der Waals surface area contributed by atoms with Gasteiger partial charge in [0.15, 0.2) is 0 Å². The summed E-state index contributed by atoms with van der Waals surface area (Å²) in [5.74, 6) is 2.41. The third-order valence-corrected chi connectivity index (χ3v) is 6.03. The second-order valence-corrected chi connectivity index (χ2v) is 8.20. The minimum Gasteiger partial charge on any atom is -0.497 e. The van der Waals surface area contributed by atoms with Crippen LogP contribution in [0.2, 0.25) is 0 Å². The van der Waals surface area contributed by atoms with Crippen LogP contribution >= 0.6 is 0 Å². The van der Waals surface area contributed by atoms with Gasteiger partial charge in [0, 0.05) is 44.6 Å². The fourth-order valence-electron chi connectivity index (χ4n) is 4.02. The van der Waals surface area contributed by atoms with Crippen LogP contribution in [0.5, 0.6) is 5.75 Å². The number of hydrogen-bond acceptors (Lipinski definition) is 6. The Morgan fingerprint density at radius 1 is 1.16 bits per heavy atom. The quantitative estimate of drug-likeness (QED) is 0.648. The summed E-state index contributed by atoms with van der Waals surface area (Å²) in [7, 11) is 1.64. The summed E-state index contributed by atoms with van der Waals surface area (Å²) < 4.78 is 6.64.